The Hall–Kier alpha value is -4.05. The molecule has 2 heterocycles. The van der Waals surface area contributed by atoms with E-state index in [4.69, 9.17) is 9.47 Å². The Kier molecular flexibility index (Phi) is 9.08. The number of urea groups is 2. The average molecular weight is 536 g/mol. The number of carbonyl (C=O) groups excluding carboxylic acids is 3. The number of likely N-dealkylation sites (N-methyl/N-ethyl adjacent to an activating group) is 1. The Morgan fingerprint density at radius 2 is 1.79 bits per heavy atom. The number of nitrogens with zero attached hydrogens (tertiary/aromatic N) is 3. The normalized spacial score (nSPS) is 19.9. The van der Waals surface area contributed by atoms with Gasteiger partial charge < -0.3 is 25.0 Å². The van der Waals surface area contributed by atoms with E-state index < -0.39 is 12.0 Å². The van der Waals surface area contributed by atoms with Crippen molar-refractivity contribution in [1.29, 1.82) is 0 Å². The van der Waals surface area contributed by atoms with Gasteiger partial charge in [-0.15, -0.1) is 0 Å². The van der Waals surface area contributed by atoms with Gasteiger partial charge in [0.15, 0.2) is 0 Å². The van der Waals surface area contributed by atoms with E-state index in [1.807, 2.05) is 73.3 Å². The molecule has 2 aliphatic heterocycles. The van der Waals surface area contributed by atoms with Crippen molar-refractivity contribution in [3.05, 3.63) is 71.4 Å². The standard InChI is InChI=1S/C29H37N5O5/c1-5-30-28(36)34-16-15-33(18-20(34)3)19-24-25(27(35)38-6-2)26(31-29(37)32(24)4)21-11-10-14-23(17-21)39-22-12-8-7-9-13-22/h7-14,17,20,26H,5-6,15-16,18-19H2,1-4H3,(H,30,36)(H,31,37). The molecule has 2 aliphatic rings. The third-order valence-corrected chi connectivity index (χ3v) is 6.92. The van der Waals surface area contributed by atoms with Gasteiger partial charge in [-0.2, -0.15) is 0 Å². The van der Waals surface area contributed by atoms with Crippen molar-refractivity contribution in [3.63, 3.8) is 0 Å². The highest BCUT2D eigenvalue weighted by Crippen LogP contribution is 2.34. The first-order valence-corrected chi connectivity index (χ1v) is 13.4. The van der Waals surface area contributed by atoms with E-state index in [-0.39, 0.29) is 24.7 Å². The lowest BCUT2D eigenvalue weighted by Crippen LogP contribution is -2.57. The molecule has 2 aromatic rings. The lowest BCUT2D eigenvalue weighted by molar-refractivity contribution is -0.139. The number of piperazine rings is 1. The van der Waals surface area contributed by atoms with Crippen LogP contribution in [0.1, 0.15) is 32.4 Å². The monoisotopic (exact) mass is 535 g/mol. The minimum atomic E-state index is -0.712. The topological polar surface area (TPSA) is 103 Å². The van der Waals surface area contributed by atoms with Crippen LogP contribution in [0, 0.1) is 0 Å². The second-order valence-corrected chi connectivity index (χ2v) is 9.62. The molecule has 1 saturated heterocycles. The van der Waals surface area contributed by atoms with Gasteiger partial charge in [0.2, 0.25) is 0 Å². The molecule has 2 aromatic carbocycles. The zero-order valence-electron chi connectivity index (χ0n) is 23.0. The van der Waals surface area contributed by atoms with Crippen LogP contribution < -0.4 is 15.4 Å². The second kappa shape index (κ2) is 12.7. The minimum absolute atomic E-state index is 0.0257. The largest absolute Gasteiger partial charge is 0.463 e. The lowest BCUT2D eigenvalue weighted by Gasteiger charge is -2.42. The maximum Gasteiger partial charge on any atom is 0.338 e. The summed E-state index contributed by atoms with van der Waals surface area (Å²) in [5.74, 6) is 0.796. The number of nitrogens with one attached hydrogen (secondary N) is 2. The van der Waals surface area contributed by atoms with Crippen LogP contribution in [0.4, 0.5) is 9.59 Å². The summed E-state index contributed by atoms with van der Waals surface area (Å²) in [5, 5.41) is 5.83. The Morgan fingerprint density at radius 3 is 2.49 bits per heavy atom. The van der Waals surface area contributed by atoms with Crippen molar-refractivity contribution in [2.75, 3.05) is 46.4 Å². The molecule has 10 nitrogen and oxygen atoms in total. The molecule has 0 radical (unpaired) electrons. The van der Waals surface area contributed by atoms with Gasteiger partial charge in [0.1, 0.15) is 11.5 Å². The molecule has 2 N–H and O–H groups in total. The van der Waals surface area contributed by atoms with Crippen molar-refractivity contribution in [2.24, 2.45) is 0 Å². The summed E-state index contributed by atoms with van der Waals surface area (Å²) in [4.78, 5) is 44.4. The number of hydrogen-bond acceptors (Lipinski definition) is 6. The highest BCUT2D eigenvalue weighted by atomic mass is 16.5. The third kappa shape index (κ3) is 6.51. The van der Waals surface area contributed by atoms with Gasteiger partial charge in [0, 0.05) is 51.5 Å². The number of benzene rings is 2. The maximum absolute atomic E-state index is 13.4. The molecule has 0 spiro atoms. The van der Waals surface area contributed by atoms with E-state index in [1.165, 1.54) is 4.90 Å². The van der Waals surface area contributed by atoms with Gasteiger partial charge >= 0.3 is 18.0 Å². The first kappa shape index (κ1) is 28.0. The van der Waals surface area contributed by atoms with Crippen LogP contribution in [-0.4, -0.2) is 85.2 Å². The Balaban J connectivity index is 1.64. The fourth-order valence-electron chi connectivity index (χ4n) is 4.97. The van der Waals surface area contributed by atoms with Gasteiger partial charge in [-0.05, 0) is 50.6 Å². The molecule has 2 atom stereocenters. The van der Waals surface area contributed by atoms with Gasteiger partial charge in [0.05, 0.1) is 18.2 Å². The number of esters is 1. The summed E-state index contributed by atoms with van der Waals surface area (Å²) in [5.41, 5.74) is 1.67. The molecule has 0 aliphatic carbocycles. The number of amides is 4. The summed E-state index contributed by atoms with van der Waals surface area (Å²) < 4.78 is 11.5. The minimum Gasteiger partial charge on any atom is -0.463 e. The number of rotatable bonds is 8. The molecule has 2 unspecified atom stereocenters. The zero-order valence-corrected chi connectivity index (χ0v) is 23.0. The number of para-hydroxylation sites is 1. The lowest BCUT2D eigenvalue weighted by atomic mass is 9.94. The molecule has 208 valence electrons. The number of hydrogen-bond donors (Lipinski definition) is 2. The predicted molar refractivity (Wildman–Crippen MR) is 147 cm³/mol. The molecule has 4 amide bonds. The Labute approximate surface area is 229 Å². The van der Waals surface area contributed by atoms with Crippen molar-refractivity contribution in [2.45, 2.75) is 32.9 Å². The van der Waals surface area contributed by atoms with Crippen LogP contribution in [0.2, 0.25) is 0 Å². The van der Waals surface area contributed by atoms with Gasteiger partial charge in [-0.25, -0.2) is 14.4 Å². The third-order valence-electron chi connectivity index (χ3n) is 6.92. The van der Waals surface area contributed by atoms with Crippen LogP contribution in [0.15, 0.2) is 65.9 Å². The van der Waals surface area contributed by atoms with E-state index in [9.17, 15) is 14.4 Å². The quantitative estimate of drug-likeness (QED) is 0.500. The summed E-state index contributed by atoms with van der Waals surface area (Å²) in [6.07, 6.45) is 0. The SMILES string of the molecule is CCNC(=O)N1CCN(CC2=C(C(=O)OCC)C(c3cccc(Oc4ccccc4)c3)NC(=O)N2C)CC1C. The smallest absolute Gasteiger partial charge is 0.338 e. The van der Waals surface area contributed by atoms with E-state index in [2.05, 4.69) is 15.5 Å². The highest BCUT2D eigenvalue weighted by molar-refractivity contribution is 5.95. The van der Waals surface area contributed by atoms with Gasteiger partial charge in [0.25, 0.3) is 0 Å². The summed E-state index contributed by atoms with van der Waals surface area (Å²) >= 11 is 0. The molecule has 1 fully saturated rings. The van der Waals surface area contributed by atoms with Crippen LogP contribution in [0.25, 0.3) is 0 Å². The van der Waals surface area contributed by atoms with E-state index >= 15 is 0 Å². The number of carbonyl (C=O) groups is 3. The van der Waals surface area contributed by atoms with Crippen molar-refractivity contribution in [1.82, 2.24) is 25.3 Å². The average Bonchev–Trinajstić information content (AvgIpc) is 2.92. The first-order chi connectivity index (χ1) is 18.8. The van der Waals surface area contributed by atoms with Crippen LogP contribution in [-0.2, 0) is 9.53 Å². The van der Waals surface area contributed by atoms with Gasteiger partial charge in [-0.1, -0.05) is 30.3 Å². The summed E-state index contributed by atoms with van der Waals surface area (Å²) in [6.45, 7) is 8.57. The van der Waals surface area contributed by atoms with Crippen molar-refractivity contribution >= 4 is 18.0 Å². The highest BCUT2D eigenvalue weighted by Gasteiger charge is 2.38. The van der Waals surface area contributed by atoms with Crippen molar-refractivity contribution < 1.29 is 23.9 Å². The molecule has 4 rings (SSSR count). The van der Waals surface area contributed by atoms with E-state index in [1.54, 1.807) is 14.0 Å². The molecular formula is C29H37N5O5. The van der Waals surface area contributed by atoms with E-state index in [0.717, 1.165) is 0 Å². The van der Waals surface area contributed by atoms with Crippen LogP contribution in [0.5, 0.6) is 11.5 Å². The maximum atomic E-state index is 13.4. The van der Waals surface area contributed by atoms with Gasteiger partial charge in [-0.3, -0.25) is 9.80 Å². The number of ether oxygens (including phenoxy) is 2. The molecule has 0 bridgehead atoms. The molecule has 0 aromatic heterocycles. The molecule has 10 heteroatoms. The molecule has 39 heavy (non-hydrogen) atoms. The molecule has 0 saturated carbocycles. The van der Waals surface area contributed by atoms with Crippen molar-refractivity contribution in [3.8, 4) is 11.5 Å². The summed E-state index contributed by atoms with van der Waals surface area (Å²) in [6, 6.07) is 15.6. The fraction of sp³-hybridized carbons (Fsp3) is 0.414. The van der Waals surface area contributed by atoms with Crippen LogP contribution in [0.3, 0.4) is 0 Å². The Bertz CT molecular complexity index is 1220. The molecular weight excluding hydrogens is 498 g/mol. The fourth-order valence-corrected chi connectivity index (χ4v) is 4.97. The predicted octanol–water partition coefficient (Wildman–Crippen LogP) is 3.73. The summed E-state index contributed by atoms with van der Waals surface area (Å²) in [7, 11) is 1.66. The Morgan fingerprint density at radius 1 is 1.05 bits per heavy atom. The zero-order chi connectivity index (χ0) is 27.9. The second-order valence-electron chi connectivity index (χ2n) is 9.62. The van der Waals surface area contributed by atoms with E-state index in [0.29, 0.717) is 61.1 Å². The first-order valence-electron chi connectivity index (χ1n) is 13.4. The van der Waals surface area contributed by atoms with Crippen LogP contribution >= 0.6 is 0 Å².